The predicted molar refractivity (Wildman–Crippen MR) is 224 cm³/mol. The Morgan fingerprint density at radius 2 is 1.66 bits per heavy atom. The van der Waals surface area contributed by atoms with Crippen molar-refractivity contribution in [3.05, 3.63) is 94.4 Å². The van der Waals surface area contributed by atoms with Crippen molar-refractivity contribution < 1.29 is 52.1 Å². The highest BCUT2D eigenvalue weighted by molar-refractivity contribution is 6.32. The second kappa shape index (κ2) is 20.3. The third kappa shape index (κ3) is 10.4. The van der Waals surface area contributed by atoms with Crippen molar-refractivity contribution in [1.29, 1.82) is 0 Å². The molecule has 4 aromatic rings. The summed E-state index contributed by atoms with van der Waals surface area (Å²) < 4.78 is 36.6. The van der Waals surface area contributed by atoms with Gasteiger partial charge in [0.05, 0.1) is 48.1 Å². The molecule has 6 amide bonds. The minimum absolute atomic E-state index is 0.00164. The standard InChI is InChI=1S/C45H47ClFN5O10/c1-26(27-5-7-28(8-6-27)31-15-16-48-35-12-9-29(47)23-33(31)35)42(55)50-30-10-11-34(46)38(24-30)61-22-21-60-20-19-59-18-17-49-40(54)25-62-37-4-2-3-32-41(37)45(58)52(44(32)57)36-13-14-39(53)51-43(36)56/h2-4,9-12,15-16,23-24,26-28,36H,5-8,13-14,17-22,25H2,1H3,(H,49,54)(H,50,55)(H,51,53,56)/t26-,27?,28?,36?/m1/s1. The third-order valence-electron chi connectivity index (χ3n) is 11.5. The predicted octanol–water partition coefficient (Wildman–Crippen LogP) is 5.58. The zero-order valence-electron chi connectivity index (χ0n) is 34.1. The van der Waals surface area contributed by atoms with E-state index in [0.717, 1.165) is 47.0 Å². The van der Waals surface area contributed by atoms with Crippen LogP contribution in [-0.2, 0) is 28.7 Å². The number of hydrogen-bond acceptors (Lipinski definition) is 11. The Kier molecular flexibility index (Phi) is 14.4. The summed E-state index contributed by atoms with van der Waals surface area (Å²) in [5.41, 5.74) is 2.47. The number of pyridine rings is 1. The smallest absolute Gasteiger partial charge is 0.266 e. The first-order chi connectivity index (χ1) is 30.0. The fourth-order valence-electron chi connectivity index (χ4n) is 8.18. The van der Waals surface area contributed by atoms with Crippen molar-refractivity contribution >= 4 is 63.6 Å². The number of hydrogen-bond donors (Lipinski definition) is 3. The molecule has 1 aliphatic carbocycles. The number of nitrogens with one attached hydrogen (secondary N) is 3. The van der Waals surface area contributed by atoms with Crippen LogP contribution in [0.2, 0.25) is 5.02 Å². The molecule has 1 unspecified atom stereocenters. The first kappa shape index (κ1) is 44.1. The summed E-state index contributed by atoms with van der Waals surface area (Å²) in [6.45, 7) is 2.86. The van der Waals surface area contributed by atoms with Crippen LogP contribution >= 0.6 is 11.6 Å². The SMILES string of the molecule is C[C@@H](C(=O)Nc1ccc(Cl)c(OCCOCCOCCNC(=O)COc2cccc3c2C(=O)N(C2CCC(=O)NC2=O)C3=O)c1)C1CCC(c2ccnc3ccc(F)cc23)CC1. The number of fused-ring (bicyclic) bond motifs is 2. The Balaban J connectivity index is 0.753. The minimum Gasteiger partial charge on any atom is -0.490 e. The van der Waals surface area contributed by atoms with E-state index in [1.165, 1.54) is 24.3 Å². The van der Waals surface area contributed by atoms with E-state index in [9.17, 15) is 33.2 Å². The molecule has 1 saturated carbocycles. The van der Waals surface area contributed by atoms with Gasteiger partial charge in [0, 0.05) is 42.2 Å². The van der Waals surface area contributed by atoms with Crippen LogP contribution in [0.5, 0.6) is 11.5 Å². The summed E-state index contributed by atoms with van der Waals surface area (Å²) in [6.07, 6.45) is 5.39. The van der Waals surface area contributed by atoms with Gasteiger partial charge in [0.15, 0.2) is 6.61 Å². The summed E-state index contributed by atoms with van der Waals surface area (Å²) in [5.74, 6) is -2.71. The molecule has 15 nitrogen and oxygen atoms in total. The molecule has 1 aromatic heterocycles. The number of ether oxygens (including phenoxy) is 4. The van der Waals surface area contributed by atoms with Crippen molar-refractivity contribution in [2.45, 2.75) is 57.4 Å². The molecule has 0 spiro atoms. The number of imide groups is 2. The number of aromatic nitrogens is 1. The molecule has 3 N–H and O–H groups in total. The van der Waals surface area contributed by atoms with Crippen LogP contribution in [-0.4, -0.2) is 97.6 Å². The molecular formula is C45H47ClFN5O10. The summed E-state index contributed by atoms with van der Waals surface area (Å²) in [5, 5.41) is 9.05. The highest BCUT2D eigenvalue weighted by Gasteiger charge is 2.46. The van der Waals surface area contributed by atoms with E-state index >= 15 is 0 Å². The number of nitrogens with zero attached hydrogens (tertiary/aromatic N) is 2. The molecule has 0 bridgehead atoms. The number of benzene rings is 3. The van der Waals surface area contributed by atoms with E-state index in [1.54, 1.807) is 36.5 Å². The maximum absolute atomic E-state index is 14.0. The van der Waals surface area contributed by atoms with E-state index in [4.69, 9.17) is 30.5 Å². The highest BCUT2D eigenvalue weighted by atomic mass is 35.5. The van der Waals surface area contributed by atoms with Gasteiger partial charge in [-0.1, -0.05) is 24.6 Å². The van der Waals surface area contributed by atoms with Gasteiger partial charge in [0.1, 0.15) is 30.0 Å². The molecule has 62 heavy (non-hydrogen) atoms. The molecule has 3 aromatic carbocycles. The van der Waals surface area contributed by atoms with Crippen molar-refractivity contribution in [2.24, 2.45) is 11.8 Å². The Morgan fingerprint density at radius 3 is 2.45 bits per heavy atom. The van der Waals surface area contributed by atoms with E-state index in [2.05, 4.69) is 20.9 Å². The Hall–Kier alpha value is -5.97. The molecule has 2 atom stereocenters. The van der Waals surface area contributed by atoms with Crippen LogP contribution in [0.25, 0.3) is 10.9 Å². The lowest BCUT2D eigenvalue weighted by Crippen LogP contribution is -2.54. The zero-order valence-corrected chi connectivity index (χ0v) is 34.8. The summed E-state index contributed by atoms with van der Waals surface area (Å²) in [7, 11) is 0. The van der Waals surface area contributed by atoms with Crippen LogP contribution in [0.3, 0.4) is 0 Å². The molecule has 2 fully saturated rings. The van der Waals surface area contributed by atoms with Crippen molar-refractivity contribution in [3.63, 3.8) is 0 Å². The first-order valence-electron chi connectivity index (χ1n) is 20.7. The Bertz CT molecular complexity index is 2360. The monoisotopic (exact) mass is 871 g/mol. The van der Waals surface area contributed by atoms with Crippen molar-refractivity contribution in [1.82, 2.24) is 20.5 Å². The average Bonchev–Trinajstić information content (AvgIpc) is 3.52. The lowest BCUT2D eigenvalue weighted by atomic mass is 9.73. The zero-order chi connectivity index (χ0) is 43.8. The first-order valence-corrected chi connectivity index (χ1v) is 21.0. The van der Waals surface area contributed by atoms with Crippen LogP contribution in [0.4, 0.5) is 10.1 Å². The molecule has 1 saturated heterocycles. The maximum Gasteiger partial charge on any atom is 0.266 e. The van der Waals surface area contributed by atoms with Crippen LogP contribution in [0, 0.1) is 17.7 Å². The van der Waals surface area contributed by atoms with Gasteiger partial charge in [-0.3, -0.25) is 44.0 Å². The van der Waals surface area contributed by atoms with Gasteiger partial charge in [-0.2, -0.15) is 0 Å². The highest BCUT2D eigenvalue weighted by Crippen LogP contribution is 2.41. The Labute approximate surface area is 361 Å². The molecule has 3 aliphatic rings. The topological polar surface area (TPSA) is 192 Å². The molecule has 2 aliphatic heterocycles. The number of rotatable bonds is 18. The van der Waals surface area contributed by atoms with Gasteiger partial charge in [-0.05, 0) is 98.0 Å². The second-order valence-corrected chi connectivity index (χ2v) is 15.8. The third-order valence-corrected chi connectivity index (χ3v) is 11.8. The number of amides is 6. The summed E-state index contributed by atoms with van der Waals surface area (Å²) >= 11 is 6.37. The van der Waals surface area contributed by atoms with Gasteiger partial charge >= 0.3 is 0 Å². The fourth-order valence-corrected chi connectivity index (χ4v) is 8.35. The van der Waals surface area contributed by atoms with Crippen LogP contribution in [0.15, 0.2) is 66.9 Å². The van der Waals surface area contributed by atoms with Crippen molar-refractivity contribution in [3.8, 4) is 11.5 Å². The fraction of sp³-hybridized carbons (Fsp3) is 0.400. The molecule has 3 heterocycles. The summed E-state index contributed by atoms with van der Waals surface area (Å²) in [6, 6.07) is 15.1. The Morgan fingerprint density at radius 1 is 0.887 bits per heavy atom. The molecule has 0 radical (unpaired) electrons. The minimum atomic E-state index is -1.12. The normalized spacial score (nSPS) is 19.2. The quantitative estimate of drug-likeness (QED) is 0.0835. The number of anilines is 1. The molecular weight excluding hydrogens is 825 g/mol. The van der Waals surface area contributed by atoms with E-state index in [1.807, 2.05) is 13.0 Å². The van der Waals surface area contributed by atoms with Crippen LogP contribution < -0.4 is 25.4 Å². The van der Waals surface area contributed by atoms with E-state index < -0.39 is 42.2 Å². The number of halogens is 2. The lowest BCUT2D eigenvalue weighted by molar-refractivity contribution is -0.136. The summed E-state index contributed by atoms with van der Waals surface area (Å²) in [4.78, 5) is 81.1. The van der Waals surface area contributed by atoms with Gasteiger partial charge in [-0.15, -0.1) is 0 Å². The second-order valence-electron chi connectivity index (χ2n) is 15.4. The van der Waals surface area contributed by atoms with E-state index in [-0.39, 0.29) is 98.8 Å². The van der Waals surface area contributed by atoms with Gasteiger partial charge in [0.2, 0.25) is 17.7 Å². The lowest BCUT2D eigenvalue weighted by Gasteiger charge is -2.32. The number of carbonyl (C=O) groups is 6. The number of carbonyl (C=O) groups excluding carboxylic acids is 6. The van der Waals surface area contributed by atoms with Gasteiger partial charge in [-0.25, -0.2) is 4.39 Å². The van der Waals surface area contributed by atoms with Crippen molar-refractivity contribution in [2.75, 3.05) is 51.5 Å². The average molecular weight is 872 g/mol. The maximum atomic E-state index is 14.0. The number of piperidine rings is 1. The van der Waals surface area contributed by atoms with Gasteiger partial charge in [0.25, 0.3) is 17.7 Å². The largest absolute Gasteiger partial charge is 0.490 e. The van der Waals surface area contributed by atoms with Gasteiger partial charge < -0.3 is 29.6 Å². The van der Waals surface area contributed by atoms with Crippen LogP contribution in [0.1, 0.15) is 77.6 Å². The molecule has 326 valence electrons. The van der Waals surface area contributed by atoms with E-state index in [0.29, 0.717) is 16.5 Å². The molecule has 17 heteroatoms. The molecule has 7 rings (SSSR count).